The van der Waals surface area contributed by atoms with E-state index < -0.39 is 0 Å². The molecule has 0 amide bonds. The minimum absolute atomic E-state index is 0.137. The molecule has 0 aliphatic heterocycles. The van der Waals surface area contributed by atoms with E-state index in [-0.39, 0.29) is 12.0 Å². The molecule has 1 aliphatic carbocycles. The molecule has 0 spiro atoms. The number of nitrogens with one attached hydrogen (secondary N) is 1. The number of rotatable bonds is 3. The van der Waals surface area contributed by atoms with Gasteiger partial charge in [0.2, 0.25) is 0 Å². The van der Waals surface area contributed by atoms with Gasteiger partial charge in [-0.05, 0) is 25.2 Å². The molecule has 0 bridgehead atoms. The van der Waals surface area contributed by atoms with E-state index in [1.54, 1.807) is 6.08 Å². The summed E-state index contributed by atoms with van der Waals surface area (Å²) in [5.74, 6) is 0.632. The van der Waals surface area contributed by atoms with Gasteiger partial charge in [-0.3, -0.25) is 0 Å². The number of hydrogen-bond acceptors (Lipinski definition) is 2. The fourth-order valence-electron chi connectivity index (χ4n) is 1.74. The average molecular weight is 153 g/mol. The molecule has 11 heavy (non-hydrogen) atoms. The zero-order valence-corrected chi connectivity index (χ0v) is 6.66. The highest BCUT2D eigenvalue weighted by molar-refractivity contribution is 5.59. The second-order valence-electron chi connectivity index (χ2n) is 3.21. The lowest BCUT2D eigenvalue weighted by molar-refractivity contribution is 0.176. The van der Waals surface area contributed by atoms with Gasteiger partial charge in [0.25, 0.3) is 0 Å². The SMILES string of the molecule is C=CC(C=N)[C@@H]1CC[C@H](O)C1. The molecule has 0 heterocycles. The Hall–Kier alpha value is -0.630. The fraction of sp³-hybridized carbons (Fsp3) is 0.667. The van der Waals surface area contributed by atoms with E-state index in [1.165, 1.54) is 6.21 Å². The first-order valence-electron chi connectivity index (χ1n) is 4.09. The maximum atomic E-state index is 9.23. The van der Waals surface area contributed by atoms with Gasteiger partial charge in [-0.2, -0.15) is 0 Å². The predicted octanol–water partition coefficient (Wildman–Crippen LogP) is 1.60. The lowest BCUT2D eigenvalue weighted by Crippen LogP contribution is -2.11. The van der Waals surface area contributed by atoms with Crippen molar-refractivity contribution in [2.75, 3.05) is 0 Å². The van der Waals surface area contributed by atoms with Gasteiger partial charge in [0.15, 0.2) is 0 Å². The highest BCUT2D eigenvalue weighted by Crippen LogP contribution is 2.31. The van der Waals surface area contributed by atoms with Crippen molar-refractivity contribution < 1.29 is 5.11 Å². The second kappa shape index (κ2) is 3.67. The van der Waals surface area contributed by atoms with Crippen molar-refractivity contribution in [3.05, 3.63) is 12.7 Å². The van der Waals surface area contributed by atoms with Crippen molar-refractivity contribution in [3.63, 3.8) is 0 Å². The third kappa shape index (κ3) is 1.90. The van der Waals surface area contributed by atoms with Crippen LogP contribution in [0, 0.1) is 17.2 Å². The van der Waals surface area contributed by atoms with Crippen LogP contribution in [0.4, 0.5) is 0 Å². The minimum atomic E-state index is -0.137. The highest BCUT2D eigenvalue weighted by atomic mass is 16.3. The summed E-state index contributed by atoms with van der Waals surface area (Å²) in [7, 11) is 0. The zero-order chi connectivity index (χ0) is 8.27. The van der Waals surface area contributed by atoms with E-state index in [0.717, 1.165) is 19.3 Å². The van der Waals surface area contributed by atoms with E-state index in [2.05, 4.69) is 6.58 Å². The molecule has 1 fully saturated rings. The third-order valence-electron chi connectivity index (χ3n) is 2.45. The van der Waals surface area contributed by atoms with Gasteiger partial charge >= 0.3 is 0 Å². The summed E-state index contributed by atoms with van der Waals surface area (Å²) >= 11 is 0. The lowest BCUT2D eigenvalue weighted by Gasteiger charge is -2.13. The summed E-state index contributed by atoms with van der Waals surface area (Å²) in [6, 6.07) is 0. The van der Waals surface area contributed by atoms with Crippen LogP contribution < -0.4 is 0 Å². The maximum Gasteiger partial charge on any atom is 0.0543 e. The quantitative estimate of drug-likeness (QED) is 0.469. The topological polar surface area (TPSA) is 44.1 Å². The van der Waals surface area contributed by atoms with Gasteiger partial charge < -0.3 is 10.5 Å². The van der Waals surface area contributed by atoms with E-state index in [0.29, 0.717) is 5.92 Å². The monoisotopic (exact) mass is 153 g/mol. The third-order valence-corrected chi connectivity index (χ3v) is 2.45. The van der Waals surface area contributed by atoms with Gasteiger partial charge in [0.05, 0.1) is 6.10 Å². The van der Waals surface area contributed by atoms with Crippen molar-refractivity contribution in [1.82, 2.24) is 0 Å². The molecule has 62 valence electrons. The Balaban J connectivity index is 2.46. The van der Waals surface area contributed by atoms with Crippen LogP contribution in [0.15, 0.2) is 12.7 Å². The molecule has 0 aromatic carbocycles. The van der Waals surface area contributed by atoms with Crippen molar-refractivity contribution in [2.45, 2.75) is 25.4 Å². The standard InChI is InChI=1S/C9H15NO/c1-2-7(6-10)8-3-4-9(11)5-8/h2,6-11H,1,3-5H2/t7?,8-,9+/m1/s1. The van der Waals surface area contributed by atoms with Crippen molar-refractivity contribution in [3.8, 4) is 0 Å². The van der Waals surface area contributed by atoms with Gasteiger partial charge in [-0.15, -0.1) is 6.58 Å². The first-order chi connectivity index (χ1) is 5.27. The molecule has 1 aliphatic rings. The van der Waals surface area contributed by atoms with E-state index in [1.807, 2.05) is 0 Å². The maximum absolute atomic E-state index is 9.23. The summed E-state index contributed by atoms with van der Waals surface area (Å²) in [4.78, 5) is 0. The Kier molecular flexibility index (Phi) is 2.83. The first-order valence-corrected chi connectivity index (χ1v) is 4.09. The molecule has 2 heteroatoms. The van der Waals surface area contributed by atoms with Crippen LogP contribution in [-0.2, 0) is 0 Å². The Morgan fingerprint density at radius 2 is 2.27 bits per heavy atom. The van der Waals surface area contributed by atoms with Crippen LogP contribution in [0.3, 0.4) is 0 Å². The molecule has 1 unspecified atom stereocenters. The van der Waals surface area contributed by atoms with E-state index >= 15 is 0 Å². The van der Waals surface area contributed by atoms with Crippen LogP contribution in [0.5, 0.6) is 0 Å². The number of hydrogen-bond donors (Lipinski definition) is 2. The lowest BCUT2D eigenvalue weighted by atomic mass is 9.92. The molecule has 0 aromatic rings. The number of aliphatic hydroxyl groups is 1. The second-order valence-corrected chi connectivity index (χ2v) is 3.21. The molecule has 2 nitrogen and oxygen atoms in total. The number of allylic oxidation sites excluding steroid dienone is 1. The zero-order valence-electron chi connectivity index (χ0n) is 6.66. The normalized spacial score (nSPS) is 33.2. The average Bonchev–Trinajstić information content (AvgIpc) is 2.39. The molecule has 0 radical (unpaired) electrons. The van der Waals surface area contributed by atoms with Crippen LogP contribution in [0.2, 0.25) is 0 Å². The van der Waals surface area contributed by atoms with Gasteiger partial charge in [0, 0.05) is 12.1 Å². The smallest absolute Gasteiger partial charge is 0.0543 e. The Bertz CT molecular complexity index is 148. The molecule has 1 rings (SSSR count). The first kappa shape index (κ1) is 8.47. The van der Waals surface area contributed by atoms with E-state index in [9.17, 15) is 5.11 Å². The fourth-order valence-corrected chi connectivity index (χ4v) is 1.74. The molecular formula is C9H15NO. The van der Waals surface area contributed by atoms with Crippen LogP contribution in [0.25, 0.3) is 0 Å². The summed E-state index contributed by atoms with van der Waals surface area (Å²) in [5, 5.41) is 16.3. The molecule has 0 aromatic heterocycles. The molecule has 0 saturated heterocycles. The van der Waals surface area contributed by atoms with Gasteiger partial charge in [-0.1, -0.05) is 6.08 Å². The highest BCUT2D eigenvalue weighted by Gasteiger charge is 2.26. The summed E-state index contributed by atoms with van der Waals surface area (Å²) < 4.78 is 0. The Labute approximate surface area is 67.4 Å². The summed E-state index contributed by atoms with van der Waals surface area (Å²) in [6.07, 6.45) is 5.86. The minimum Gasteiger partial charge on any atom is -0.393 e. The summed E-state index contributed by atoms with van der Waals surface area (Å²) in [6.45, 7) is 3.67. The van der Waals surface area contributed by atoms with E-state index in [4.69, 9.17) is 5.41 Å². The molecule has 2 N–H and O–H groups in total. The molecule has 3 atom stereocenters. The predicted molar refractivity (Wildman–Crippen MR) is 45.8 cm³/mol. The van der Waals surface area contributed by atoms with Crippen molar-refractivity contribution in [1.29, 1.82) is 5.41 Å². The Morgan fingerprint density at radius 3 is 2.64 bits per heavy atom. The van der Waals surface area contributed by atoms with Crippen LogP contribution in [-0.4, -0.2) is 17.4 Å². The largest absolute Gasteiger partial charge is 0.393 e. The molecule has 1 saturated carbocycles. The van der Waals surface area contributed by atoms with Gasteiger partial charge in [-0.25, -0.2) is 0 Å². The molecular weight excluding hydrogens is 138 g/mol. The van der Waals surface area contributed by atoms with Crippen LogP contribution >= 0.6 is 0 Å². The number of aliphatic hydroxyl groups excluding tert-OH is 1. The van der Waals surface area contributed by atoms with Crippen molar-refractivity contribution >= 4 is 6.21 Å². The van der Waals surface area contributed by atoms with Gasteiger partial charge in [0.1, 0.15) is 0 Å². The Morgan fingerprint density at radius 1 is 1.55 bits per heavy atom. The van der Waals surface area contributed by atoms with Crippen LogP contribution in [0.1, 0.15) is 19.3 Å². The summed E-state index contributed by atoms with van der Waals surface area (Å²) in [5.41, 5.74) is 0. The van der Waals surface area contributed by atoms with Crippen molar-refractivity contribution in [2.24, 2.45) is 11.8 Å².